The average Bonchev–Trinajstić information content (AvgIpc) is 2.41. The lowest BCUT2D eigenvalue weighted by Crippen LogP contribution is -2.40. The van der Waals surface area contributed by atoms with Crippen LogP contribution in [0.2, 0.25) is 0 Å². The van der Waals surface area contributed by atoms with E-state index in [9.17, 15) is 19.5 Å². The Labute approximate surface area is 118 Å². The third-order valence-electron chi connectivity index (χ3n) is 3.21. The number of carboxylic acid groups (broad SMARTS) is 1. The number of ketones is 1. The van der Waals surface area contributed by atoms with Crippen LogP contribution in [0.5, 0.6) is 0 Å². The van der Waals surface area contributed by atoms with Crippen LogP contribution < -0.4 is 5.32 Å². The Morgan fingerprint density at radius 1 is 1.20 bits per heavy atom. The van der Waals surface area contributed by atoms with E-state index in [1.807, 2.05) is 6.92 Å². The molecule has 0 radical (unpaired) electrons. The molecule has 0 heterocycles. The van der Waals surface area contributed by atoms with Gasteiger partial charge in [0.2, 0.25) is 5.91 Å². The first-order valence-corrected chi connectivity index (χ1v) is 6.60. The molecule has 0 aromatic rings. The largest absolute Gasteiger partial charge is 0.481 e. The van der Waals surface area contributed by atoms with Crippen molar-refractivity contribution < 1.29 is 24.6 Å². The Bertz CT molecular complexity index is 402. The van der Waals surface area contributed by atoms with Gasteiger partial charge in [-0.2, -0.15) is 0 Å². The number of amides is 1. The minimum absolute atomic E-state index is 0.224. The summed E-state index contributed by atoms with van der Waals surface area (Å²) in [5.74, 6) is -3.79. The zero-order chi connectivity index (χ0) is 15.9. The fourth-order valence-corrected chi connectivity index (χ4v) is 1.64. The highest BCUT2D eigenvalue weighted by molar-refractivity contribution is 5.96. The van der Waals surface area contributed by atoms with Crippen molar-refractivity contribution in [3.8, 4) is 0 Å². The van der Waals surface area contributed by atoms with Gasteiger partial charge in [-0.3, -0.25) is 14.4 Å². The lowest BCUT2D eigenvalue weighted by molar-refractivity contribution is -0.147. The molecule has 0 aliphatic carbocycles. The molecular formula is C14H23NO5. The number of carbonyl (C=O) groups excluding carboxylic acids is 2. The first kappa shape index (κ1) is 18.3. The van der Waals surface area contributed by atoms with E-state index in [1.165, 1.54) is 13.8 Å². The minimum atomic E-state index is -1.27. The number of nitrogens with one attached hydrogen (secondary N) is 1. The van der Waals surface area contributed by atoms with Gasteiger partial charge >= 0.3 is 5.97 Å². The zero-order valence-electron chi connectivity index (χ0n) is 12.3. The average molecular weight is 285 g/mol. The Balaban J connectivity index is 4.45. The molecule has 0 aromatic heterocycles. The highest BCUT2D eigenvalue weighted by atomic mass is 16.4. The van der Waals surface area contributed by atoms with E-state index in [0.717, 1.165) is 6.42 Å². The molecule has 3 N–H and O–H groups in total. The van der Waals surface area contributed by atoms with Gasteiger partial charge in [-0.1, -0.05) is 19.9 Å². The molecule has 6 heteroatoms. The number of aliphatic hydroxyl groups excluding tert-OH is 1. The summed E-state index contributed by atoms with van der Waals surface area (Å²) in [6, 6.07) is 0. The number of aliphatic hydroxyl groups is 1. The molecule has 6 nitrogen and oxygen atoms in total. The number of rotatable bonds is 8. The van der Waals surface area contributed by atoms with E-state index in [4.69, 9.17) is 5.11 Å². The lowest BCUT2D eigenvalue weighted by Gasteiger charge is -2.21. The van der Waals surface area contributed by atoms with Crippen molar-refractivity contribution >= 4 is 17.7 Å². The fourth-order valence-electron chi connectivity index (χ4n) is 1.64. The maximum atomic E-state index is 11.8. The Kier molecular flexibility index (Phi) is 7.76. The SMILES string of the molecule is CCC=C(C)C(=O)NCC(=O)C(C)C(O)C(C)C(=O)O. The normalized spacial score (nSPS) is 16.1. The minimum Gasteiger partial charge on any atom is -0.481 e. The fraction of sp³-hybridized carbons (Fsp3) is 0.643. The highest BCUT2D eigenvalue weighted by Gasteiger charge is 2.30. The van der Waals surface area contributed by atoms with Gasteiger partial charge in [0.05, 0.1) is 18.6 Å². The van der Waals surface area contributed by atoms with Crippen molar-refractivity contribution in [3.05, 3.63) is 11.6 Å². The molecule has 20 heavy (non-hydrogen) atoms. The molecule has 3 atom stereocenters. The van der Waals surface area contributed by atoms with Crippen LogP contribution >= 0.6 is 0 Å². The lowest BCUT2D eigenvalue weighted by atomic mass is 9.90. The molecule has 0 aliphatic rings. The van der Waals surface area contributed by atoms with Gasteiger partial charge in [0.1, 0.15) is 0 Å². The second-order valence-electron chi connectivity index (χ2n) is 4.85. The summed E-state index contributed by atoms with van der Waals surface area (Å²) in [6.45, 7) is 6.11. The molecule has 0 rings (SSSR count). The Hall–Kier alpha value is -1.69. The number of hydrogen-bond donors (Lipinski definition) is 3. The van der Waals surface area contributed by atoms with Gasteiger partial charge in [0, 0.05) is 11.5 Å². The van der Waals surface area contributed by atoms with Gasteiger partial charge < -0.3 is 15.5 Å². The van der Waals surface area contributed by atoms with Crippen molar-refractivity contribution in [2.24, 2.45) is 11.8 Å². The second kappa shape index (κ2) is 8.47. The van der Waals surface area contributed by atoms with Crippen molar-refractivity contribution in [3.63, 3.8) is 0 Å². The van der Waals surface area contributed by atoms with Gasteiger partial charge in [-0.15, -0.1) is 0 Å². The molecule has 3 unspecified atom stereocenters. The van der Waals surface area contributed by atoms with Gasteiger partial charge in [-0.05, 0) is 20.3 Å². The zero-order valence-corrected chi connectivity index (χ0v) is 12.3. The van der Waals surface area contributed by atoms with E-state index in [1.54, 1.807) is 13.0 Å². The summed E-state index contributed by atoms with van der Waals surface area (Å²) in [4.78, 5) is 34.1. The van der Waals surface area contributed by atoms with Crippen LogP contribution in [-0.4, -0.2) is 40.5 Å². The van der Waals surface area contributed by atoms with E-state index in [-0.39, 0.29) is 12.5 Å². The van der Waals surface area contributed by atoms with Crippen LogP contribution in [0.4, 0.5) is 0 Å². The summed E-state index contributed by atoms with van der Waals surface area (Å²) in [5.41, 5.74) is 0.521. The van der Waals surface area contributed by atoms with Gasteiger partial charge in [0.25, 0.3) is 0 Å². The maximum Gasteiger partial charge on any atom is 0.308 e. The van der Waals surface area contributed by atoms with Crippen molar-refractivity contribution in [2.75, 3.05) is 6.54 Å². The van der Waals surface area contributed by atoms with E-state index in [2.05, 4.69) is 5.32 Å². The van der Waals surface area contributed by atoms with Crippen LogP contribution in [0.25, 0.3) is 0 Å². The number of carbonyl (C=O) groups is 3. The summed E-state index contributed by atoms with van der Waals surface area (Å²) >= 11 is 0. The van der Waals surface area contributed by atoms with Crippen molar-refractivity contribution in [1.82, 2.24) is 5.32 Å². The molecule has 114 valence electrons. The standard InChI is InChI=1S/C14H23NO5/c1-5-6-8(2)13(18)15-7-11(16)9(3)12(17)10(4)14(19)20/h6,9-10,12,17H,5,7H2,1-4H3,(H,15,18)(H,19,20). The van der Waals surface area contributed by atoms with E-state index >= 15 is 0 Å². The summed E-state index contributed by atoms with van der Waals surface area (Å²) < 4.78 is 0. The Morgan fingerprint density at radius 3 is 2.20 bits per heavy atom. The molecule has 0 saturated heterocycles. The topological polar surface area (TPSA) is 104 Å². The van der Waals surface area contributed by atoms with Gasteiger partial charge in [-0.25, -0.2) is 0 Å². The van der Waals surface area contributed by atoms with Crippen molar-refractivity contribution in [2.45, 2.75) is 40.2 Å². The van der Waals surface area contributed by atoms with Crippen LogP contribution in [0.1, 0.15) is 34.1 Å². The first-order chi connectivity index (χ1) is 9.22. The monoisotopic (exact) mass is 285 g/mol. The molecule has 0 aromatic carbocycles. The Morgan fingerprint density at radius 2 is 1.75 bits per heavy atom. The molecule has 1 amide bonds. The van der Waals surface area contributed by atoms with E-state index in [0.29, 0.717) is 5.57 Å². The third-order valence-corrected chi connectivity index (χ3v) is 3.21. The second-order valence-corrected chi connectivity index (χ2v) is 4.85. The van der Waals surface area contributed by atoms with Crippen LogP contribution in [0, 0.1) is 11.8 Å². The van der Waals surface area contributed by atoms with Crippen LogP contribution in [0.3, 0.4) is 0 Å². The van der Waals surface area contributed by atoms with Crippen molar-refractivity contribution in [1.29, 1.82) is 0 Å². The third kappa shape index (κ3) is 5.52. The molecule has 0 fully saturated rings. The number of Topliss-reactive ketones (excluding diaryl/α,β-unsaturated/α-hetero) is 1. The summed E-state index contributed by atoms with van der Waals surface area (Å²) in [7, 11) is 0. The number of carboxylic acids is 1. The number of allylic oxidation sites excluding steroid dienone is 1. The summed E-state index contributed by atoms with van der Waals surface area (Å²) in [6.07, 6.45) is 1.19. The quantitative estimate of drug-likeness (QED) is 0.571. The smallest absolute Gasteiger partial charge is 0.308 e. The number of hydrogen-bond acceptors (Lipinski definition) is 4. The number of aliphatic carboxylic acids is 1. The predicted octanol–water partition coefficient (Wildman–Crippen LogP) is 0.746. The maximum absolute atomic E-state index is 11.8. The van der Waals surface area contributed by atoms with Gasteiger partial charge in [0.15, 0.2) is 5.78 Å². The highest BCUT2D eigenvalue weighted by Crippen LogP contribution is 2.14. The molecular weight excluding hydrogens is 262 g/mol. The first-order valence-electron chi connectivity index (χ1n) is 6.60. The molecule has 0 saturated carbocycles. The molecule has 0 aliphatic heterocycles. The summed E-state index contributed by atoms with van der Waals surface area (Å²) in [5, 5.41) is 21.0. The van der Waals surface area contributed by atoms with E-state index < -0.39 is 29.7 Å². The molecule has 0 bridgehead atoms. The predicted molar refractivity (Wildman–Crippen MR) is 74.0 cm³/mol. The molecule has 0 spiro atoms. The van der Waals surface area contributed by atoms with Crippen LogP contribution in [-0.2, 0) is 14.4 Å². The van der Waals surface area contributed by atoms with Crippen LogP contribution in [0.15, 0.2) is 11.6 Å².